The number of carbonyl (C=O) groups is 2. The van der Waals surface area contributed by atoms with Crippen LogP contribution in [-0.2, 0) is 16.1 Å². The summed E-state index contributed by atoms with van der Waals surface area (Å²) in [6.07, 6.45) is 0. The summed E-state index contributed by atoms with van der Waals surface area (Å²) < 4.78 is 13.2. The summed E-state index contributed by atoms with van der Waals surface area (Å²) in [5.74, 6) is -1.09. The Labute approximate surface area is 168 Å². The van der Waals surface area contributed by atoms with Crippen LogP contribution in [0.25, 0.3) is 5.57 Å². The summed E-state index contributed by atoms with van der Waals surface area (Å²) in [5, 5.41) is 0. The monoisotopic (exact) mass is 386 g/mol. The fourth-order valence-electron chi connectivity index (χ4n) is 3.44. The van der Waals surface area contributed by atoms with Crippen LogP contribution in [-0.4, -0.2) is 23.8 Å². The van der Waals surface area contributed by atoms with E-state index in [1.807, 2.05) is 60.7 Å². The molecule has 0 fully saturated rings. The Morgan fingerprint density at radius 2 is 1.38 bits per heavy atom. The van der Waals surface area contributed by atoms with Gasteiger partial charge in [0.25, 0.3) is 11.8 Å². The first-order chi connectivity index (χ1) is 14.1. The lowest BCUT2D eigenvalue weighted by atomic mass is 10.0. The minimum atomic E-state index is -0.371. The van der Waals surface area contributed by atoms with Crippen LogP contribution in [0.5, 0.6) is 0 Å². The van der Waals surface area contributed by atoms with Crippen molar-refractivity contribution in [1.29, 1.82) is 0 Å². The maximum absolute atomic E-state index is 13.3. The van der Waals surface area contributed by atoms with Gasteiger partial charge < -0.3 is 4.90 Å². The molecule has 0 N–H and O–H groups in total. The third-order valence-electron chi connectivity index (χ3n) is 4.94. The molecule has 0 radical (unpaired) electrons. The summed E-state index contributed by atoms with van der Waals surface area (Å²) in [4.78, 5) is 29.6. The van der Waals surface area contributed by atoms with Crippen LogP contribution >= 0.6 is 0 Å². The van der Waals surface area contributed by atoms with Crippen molar-refractivity contribution in [1.82, 2.24) is 4.90 Å². The molecule has 3 aromatic rings. The normalized spacial score (nSPS) is 13.9. The third kappa shape index (κ3) is 3.55. The van der Waals surface area contributed by atoms with Gasteiger partial charge >= 0.3 is 0 Å². The molecule has 1 heterocycles. The fourth-order valence-corrected chi connectivity index (χ4v) is 3.44. The van der Waals surface area contributed by atoms with E-state index in [2.05, 4.69) is 0 Å². The van der Waals surface area contributed by atoms with Gasteiger partial charge in [-0.05, 0) is 35.4 Å². The second kappa shape index (κ2) is 7.72. The number of hydrogen-bond donors (Lipinski definition) is 0. The zero-order valence-electron chi connectivity index (χ0n) is 15.9. The van der Waals surface area contributed by atoms with Gasteiger partial charge in [0.1, 0.15) is 11.5 Å². The summed E-state index contributed by atoms with van der Waals surface area (Å²) >= 11 is 0. The van der Waals surface area contributed by atoms with Crippen molar-refractivity contribution in [2.75, 3.05) is 11.9 Å². The molecule has 0 saturated carbocycles. The first kappa shape index (κ1) is 18.6. The lowest BCUT2D eigenvalue weighted by Crippen LogP contribution is -2.33. The molecule has 2 amide bonds. The van der Waals surface area contributed by atoms with Crippen molar-refractivity contribution >= 4 is 23.1 Å². The Balaban J connectivity index is 1.77. The van der Waals surface area contributed by atoms with Gasteiger partial charge in [0.15, 0.2) is 0 Å². The summed E-state index contributed by atoms with van der Waals surface area (Å²) in [6.45, 7) is 0.0837. The van der Waals surface area contributed by atoms with Gasteiger partial charge in [-0.15, -0.1) is 0 Å². The largest absolute Gasteiger partial charge is 0.339 e. The average Bonchev–Trinajstić information content (AvgIpc) is 3.00. The number of rotatable bonds is 5. The molecule has 0 unspecified atom stereocenters. The van der Waals surface area contributed by atoms with Crippen molar-refractivity contribution in [2.45, 2.75) is 6.54 Å². The third-order valence-corrected chi connectivity index (χ3v) is 4.94. The number of para-hydroxylation sites is 1. The quantitative estimate of drug-likeness (QED) is 0.616. The average molecular weight is 386 g/mol. The molecule has 1 aliphatic heterocycles. The Hall–Kier alpha value is -3.73. The van der Waals surface area contributed by atoms with Gasteiger partial charge in [-0.1, -0.05) is 60.7 Å². The lowest BCUT2D eigenvalue weighted by Gasteiger charge is -2.21. The molecule has 0 bridgehead atoms. The predicted molar refractivity (Wildman–Crippen MR) is 110 cm³/mol. The first-order valence-corrected chi connectivity index (χ1v) is 9.25. The van der Waals surface area contributed by atoms with Crippen LogP contribution in [0.1, 0.15) is 11.1 Å². The van der Waals surface area contributed by atoms with E-state index in [1.165, 1.54) is 17.0 Å². The molecule has 0 aliphatic carbocycles. The second-order valence-corrected chi connectivity index (χ2v) is 6.81. The minimum absolute atomic E-state index is 0.0837. The predicted octanol–water partition coefficient (Wildman–Crippen LogP) is 4.24. The standard InChI is InChI=1S/C24H19FN2O2/c1-26(20-10-6-3-7-11-20)22-21(18-8-4-2-5-9-18)23(28)27(24(22)29)16-17-12-14-19(25)15-13-17/h2-15H,16H2,1H3. The summed E-state index contributed by atoms with van der Waals surface area (Å²) in [5.41, 5.74) is 2.87. The lowest BCUT2D eigenvalue weighted by molar-refractivity contribution is -0.137. The highest BCUT2D eigenvalue weighted by Gasteiger charge is 2.41. The molecule has 3 aromatic carbocycles. The topological polar surface area (TPSA) is 40.6 Å². The Morgan fingerprint density at radius 1 is 0.793 bits per heavy atom. The highest BCUT2D eigenvalue weighted by molar-refractivity contribution is 6.36. The van der Waals surface area contributed by atoms with Gasteiger partial charge in [-0.2, -0.15) is 0 Å². The van der Waals surface area contributed by atoms with E-state index >= 15 is 0 Å². The summed E-state index contributed by atoms with van der Waals surface area (Å²) in [7, 11) is 1.78. The van der Waals surface area contributed by atoms with Crippen LogP contribution in [0.3, 0.4) is 0 Å². The first-order valence-electron chi connectivity index (χ1n) is 9.25. The number of imide groups is 1. The van der Waals surface area contributed by atoms with Gasteiger partial charge in [-0.3, -0.25) is 14.5 Å². The number of halogens is 1. The summed E-state index contributed by atoms with van der Waals surface area (Å²) in [6, 6.07) is 24.4. The number of nitrogens with zero attached hydrogens (tertiary/aromatic N) is 2. The number of likely N-dealkylation sites (N-methyl/N-ethyl adjacent to an activating group) is 1. The van der Waals surface area contributed by atoms with E-state index in [9.17, 15) is 14.0 Å². The van der Waals surface area contributed by atoms with Crippen LogP contribution in [0.4, 0.5) is 10.1 Å². The molecule has 0 spiro atoms. The molecule has 144 valence electrons. The zero-order valence-corrected chi connectivity index (χ0v) is 15.9. The van der Waals surface area contributed by atoms with Crippen molar-refractivity contribution in [3.63, 3.8) is 0 Å². The number of anilines is 1. The van der Waals surface area contributed by atoms with E-state index in [4.69, 9.17) is 0 Å². The van der Waals surface area contributed by atoms with E-state index in [0.29, 0.717) is 22.4 Å². The molecular formula is C24H19FN2O2. The van der Waals surface area contributed by atoms with E-state index < -0.39 is 0 Å². The van der Waals surface area contributed by atoms with Crippen molar-refractivity contribution in [2.24, 2.45) is 0 Å². The SMILES string of the molecule is CN(C1=C(c2ccccc2)C(=O)N(Cc2ccc(F)cc2)C1=O)c1ccccc1. The van der Waals surface area contributed by atoms with Crippen LogP contribution in [0.2, 0.25) is 0 Å². The van der Waals surface area contributed by atoms with Crippen LogP contribution in [0, 0.1) is 5.82 Å². The molecule has 4 rings (SSSR count). The highest BCUT2D eigenvalue weighted by Crippen LogP contribution is 2.34. The van der Waals surface area contributed by atoms with Crippen molar-refractivity contribution < 1.29 is 14.0 Å². The smallest absolute Gasteiger partial charge is 0.278 e. The number of carbonyl (C=O) groups excluding carboxylic acids is 2. The van der Waals surface area contributed by atoms with Gasteiger partial charge in [0, 0.05) is 12.7 Å². The van der Waals surface area contributed by atoms with Crippen LogP contribution in [0.15, 0.2) is 90.6 Å². The van der Waals surface area contributed by atoms with Crippen molar-refractivity contribution in [3.8, 4) is 0 Å². The minimum Gasteiger partial charge on any atom is -0.339 e. The van der Waals surface area contributed by atoms with Gasteiger partial charge in [0.2, 0.25) is 0 Å². The van der Waals surface area contributed by atoms with E-state index in [-0.39, 0.29) is 24.2 Å². The maximum atomic E-state index is 13.3. The van der Waals surface area contributed by atoms with Crippen LogP contribution < -0.4 is 4.90 Å². The molecule has 0 saturated heterocycles. The Bertz CT molecular complexity index is 1080. The Kier molecular flexibility index (Phi) is 4.96. The molecule has 1 aliphatic rings. The van der Waals surface area contributed by atoms with E-state index in [1.54, 1.807) is 24.1 Å². The molecule has 0 aromatic heterocycles. The zero-order chi connectivity index (χ0) is 20.4. The number of benzene rings is 3. The van der Waals surface area contributed by atoms with E-state index in [0.717, 1.165) is 5.69 Å². The molecule has 0 atom stereocenters. The highest BCUT2D eigenvalue weighted by atomic mass is 19.1. The molecule has 29 heavy (non-hydrogen) atoms. The van der Waals surface area contributed by atoms with Gasteiger partial charge in [-0.25, -0.2) is 4.39 Å². The van der Waals surface area contributed by atoms with Gasteiger partial charge in [0.05, 0.1) is 12.1 Å². The second-order valence-electron chi connectivity index (χ2n) is 6.81. The molecule has 4 nitrogen and oxygen atoms in total. The van der Waals surface area contributed by atoms with Crippen molar-refractivity contribution in [3.05, 3.63) is 108 Å². The molecular weight excluding hydrogens is 367 g/mol. The maximum Gasteiger partial charge on any atom is 0.278 e. The number of hydrogen-bond acceptors (Lipinski definition) is 3. The number of amides is 2. The Morgan fingerprint density at radius 3 is 2.00 bits per heavy atom. The molecule has 5 heteroatoms. The fraction of sp³-hybridized carbons (Fsp3) is 0.0833.